The summed E-state index contributed by atoms with van der Waals surface area (Å²) >= 11 is 0. The highest BCUT2D eigenvalue weighted by Crippen LogP contribution is 2.16. The van der Waals surface area contributed by atoms with Gasteiger partial charge in [0, 0.05) is 18.0 Å². The summed E-state index contributed by atoms with van der Waals surface area (Å²) in [7, 11) is 0. The van der Waals surface area contributed by atoms with Gasteiger partial charge in [-0.1, -0.05) is 6.92 Å². The zero-order valence-corrected chi connectivity index (χ0v) is 6.88. The van der Waals surface area contributed by atoms with Crippen LogP contribution in [0.15, 0.2) is 18.7 Å². The average molecular weight is 168 g/mol. The standard InChI is InChI=1S/C8H12N2O2/c1-2-7(11)8(12)6-3-9-5-10-4-6/h3-5,7-8,11-12H,2H2,1H3. The number of aromatic nitrogens is 2. The van der Waals surface area contributed by atoms with Gasteiger partial charge in [-0.25, -0.2) is 9.97 Å². The predicted octanol–water partition coefficient (Wildman–Crippen LogP) is 0.281. The van der Waals surface area contributed by atoms with Gasteiger partial charge in [0.15, 0.2) is 0 Å². The summed E-state index contributed by atoms with van der Waals surface area (Å²) in [5.74, 6) is 0. The maximum atomic E-state index is 9.46. The zero-order chi connectivity index (χ0) is 8.97. The van der Waals surface area contributed by atoms with Crippen molar-refractivity contribution < 1.29 is 10.2 Å². The van der Waals surface area contributed by atoms with Gasteiger partial charge in [-0.15, -0.1) is 0 Å². The Kier molecular flexibility index (Phi) is 3.13. The SMILES string of the molecule is CCC(O)C(O)c1cncnc1. The molecule has 2 atom stereocenters. The Hall–Kier alpha value is -1.00. The van der Waals surface area contributed by atoms with E-state index in [4.69, 9.17) is 0 Å². The summed E-state index contributed by atoms with van der Waals surface area (Å²) in [6.07, 6.45) is 3.27. The van der Waals surface area contributed by atoms with Gasteiger partial charge in [0.25, 0.3) is 0 Å². The summed E-state index contributed by atoms with van der Waals surface area (Å²) in [6.45, 7) is 1.80. The lowest BCUT2D eigenvalue weighted by atomic mass is 10.1. The van der Waals surface area contributed by atoms with Gasteiger partial charge >= 0.3 is 0 Å². The normalized spacial score (nSPS) is 15.6. The van der Waals surface area contributed by atoms with Crippen molar-refractivity contribution in [2.45, 2.75) is 25.6 Å². The molecule has 0 aromatic carbocycles. The van der Waals surface area contributed by atoms with Crippen LogP contribution in [-0.4, -0.2) is 26.3 Å². The van der Waals surface area contributed by atoms with E-state index < -0.39 is 12.2 Å². The van der Waals surface area contributed by atoms with Crippen LogP contribution in [0.1, 0.15) is 25.0 Å². The minimum absolute atomic E-state index is 0.510. The van der Waals surface area contributed by atoms with Gasteiger partial charge in [0.2, 0.25) is 0 Å². The number of nitrogens with zero attached hydrogens (tertiary/aromatic N) is 2. The Morgan fingerprint density at radius 3 is 2.42 bits per heavy atom. The van der Waals surface area contributed by atoms with Crippen molar-refractivity contribution >= 4 is 0 Å². The molecular formula is C8H12N2O2. The van der Waals surface area contributed by atoms with Crippen LogP contribution in [0, 0.1) is 0 Å². The lowest BCUT2D eigenvalue weighted by molar-refractivity contribution is 0.0161. The lowest BCUT2D eigenvalue weighted by Crippen LogP contribution is -2.17. The number of hydrogen-bond acceptors (Lipinski definition) is 4. The molecular weight excluding hydrogens is 156 g/mol. The van der Waals surface area contributed by atoms with E-state index in [2.05, 4.69) is 9.97 Å². The second kappa shape index (κ2) is 4.13. The summed E-state index contributed by atoms with van der Waals surface area (Å²) in [4.78, 5) is 7.48. The van der Waals surface area contributed by atoms with E-state index in [-0.39, 0.29) is 0 Å². The first-order chi connectivity index (χ1) is 5.75. The molecule has 1 aromatic heterocycles. The van der Waals surface area contributed by atoms with Crippen molar-refractivity contribution in [1.29, 1.82) is 0 Å². The minimum atomic E-state index is -0.879. The Balaban J connectivity index is 2.71. The third-order valence-electron chi connectivity index (χ3n) is 1.70. The van der Waals surface area contributed by atoms with E-state index in [1.54, 1.807) is 6.92 Å². The van der Waals surface area contributed by atoms with Gasteiger partial charge in [-0.05, 0) is 6.42 Å². The molecule has 66 valence electrons. The van der Waals surface area contributed by atoms with Crippen LogP contribution in [0.3, 0.4) is 0 Å². The van der Waals surface area contributed by atoms with Crippen molar-refractivity contribution in [2.75, 3.05) is 0 Å². The van der Waals surface area contributed by atoms with Crippen molar-refractivity contribution in [3.05, 3.63) is 24.3 Å². The van der Waals surface area contributed by atoms with Crippen molar-refractivity contribution in [3.8, 4) is 0 Å². The van der Waals surface area contributed by atoms with Gasteiger partial charge in [0.05, 0.1) is 6.10 Å². The molecule has 0 saturated carbocycles. The van der Waals surface area contributed by atoms with Crippen molar-refractivity contribution in [2.24, 2.45) is 0 Å². The number of hydrogen-bond donors (Lipinski definition) is 2. The average Bonchev–Trinajstić information content (AvgIpc) is 2.17. The van der Waals surface area contributed by atoms with Crippen molar-refractivity contribution in [1.82, 2.24) is 9.97 Å². The van der Waals surface area contributed by atoms with Crippen LogP contribution in [0.5, 0.6) is 0 Å². The fraction of sp³-hybridized carbons (Fsp3) is 0.500. The largest absolute Gasteiger partial charge is 0.390 e. The van der Waals surface area contributed by atoms with E-state index in [0.29, 0.717) is 12.0 Å². The van der Waals surface area contributed by atoms with E-state index in [9.17, 15) is 10.2 Å². The molecule has 1 aromatic rings. The van der Waals surface area contributed by atoms with Crippen LogP contribution in [0.25, 0.3) is 0 Å². The van der Waals surface area contributed by atoms with Crippen LogP contribution in [0.2, 0.25) is 0 Å². The van der Waals surface area contributed by atoms with Gasteiger partial charge in [-0.2, -0.15) is 0 Å². The molecule has 4 nitrogen and oxygen atoms in total. The van der Waals surface area contributed by atoms with Crippen LogP contribution >= 0.6 is 0 Å². The summed E-state index contributed by atoms with van der Waals surface area (Å²) in [5, 5.41) is 18.7. The molecule has 0 bridgehead atoms. The molecule has 2 N–H and O–H groups in total. The molecule has 2 unspecified atom stereocenters. The molecule has 12 heavy (non-hydrogen) atoms. The molecule has 0 amide bonds. The fourth-order valence-corrected chi connectivity index (χ4v) is 0.909. The Labute approximate surface area is 70.9 Å². The monoisotopic (exact) mass is 168 g/mol. The zero-order valence-electron chi connectivity index (χ0n) is 6.88. The summed E-state index contributed by atoms with van der Waals surface area (Å²) in [5.41, 5.74) is 0.548. The first-order valence-corrected chi connectivity index (χ1v) is 3.86. The maximum absolute atomic E-state index is 9.46. The molecule has 4 heteroatoms. The number of aliphatic hydroxyl groups is 2. The van der Waals surface area contributed by atoms with Crippen LogP contribution in [-0.2, 0) is 0 Å². The van der Waals surface area contributed by atoms with E-state index in [0.717, 1.165) is 0 Å². The molecule has 0 radical (unpaired) electrons. The summed E-state index contributed by atoms with van der Waals surface area (Å²) in [6, 6.07) is 0. The van der Waals surface area contributed by atoms with Crippen molar-refractivity contribution in [3.63, 3.8) is 0 Å². The van der Waals surface area contributed by atoms with E-state index in [1.807, 2.05) is 0 Å². The van der Waals surface area contributed by atoms with Crippen LogP contribution < -0.4 is 0 Å². The highest BCUT2D eigenvalue weighted by Gasteiger charge is 2.16. The number of rotatable bonds is 3. The smallest absolute Gasteiger partial charge is 0.115 e. The highest BCUT2D eigenvalue weighted by atomic mass is 16.3. The van der Waals surface area contributed by atoms with Gasteiger partial charge in [0.1, 0.15) is 12.4 Å². The van der Waals surface area contributed by atoms with E-state index in [1.165, 1.54) is 18.7 Å². The second-order valence-electron chi connectivity index (χ2n) is 2.59. The summed E-state index contributed by atoms with van der Waals surface area (Å²) < 4.78 is 0. The van der Waals surface area contributed by atoms with Gasteiger partial charge < -0.3 is 10.2 Å². The molecule has 0 spiro atoms. The molecule has 1 rings (SSSR count). The first-order valence-electron chi connectivity index (χ1n) is 3.86. The minimum Gasteiger partial charge on any atom is -0.390 e. The third-order valence-corrected chi connectivity index (χ3v) is 1.70. The maximum Gasteiger partial charge on any atom is 0.115 e. The second-order valence-corrected chi connectivity index (χ2v) is 2.59. The van der Waals surface area contributed by atoms with Gasteiger partial charge in [-0.3, -0.25) is 0 Å². The molecule has 1 heterocycles. The quantitative estimate of drug-likeness (QED) is 0.680. The molecule has 0 aliphatic carbocycles. The van der Waals surface area contributed by atoms with Crippen LogP contribution in [0.4, 0.5) is 0 Å². The topological polar surface area (TPSA) is 66.2 Å². The molecule has 0 aliphatic rings. The third kappa shape index (κ3) is 1.99. The number of aliphatic hydroxyl groups excluding tert-OH is 2. The Morgan fingerprint density at radius 2 is 1.92 bits per heavy atom. The predicted molar refractivity (Wildman–Crippen MR) is 43.3 cm³/mol. The lowest BCUT2D eigenvalue weighted by Gasteiger charge is -2.14. The van der Waals surface area contributed by atoms with E-state index >= 15 is 0 Å². The Morgan fingerprint density at radius 1 is 1.33 bits per heavy atom. The molecule has 0 saturated heterocycles. The highest BCUT2D eigenvalue weighted by molar-refractivity contribution is 5.07. The molecule has 0 fully saturated rings. The fourth-order valence-electron chi connectivity index (χ4n) is 0.909. The first kappa shape index (κ1) is 9.09. The molecule has 0 aliphatic heterocycles. The Bertz CT molecular complexity index is 228.